The summed E-state index contributed by atoms with van der Waals surface area (Å²) in [6, 6.07) is 15.4. The summed E-state index contributed by atoms with van der Waals surface area (Å²) in [6.07, 6.45) is -0.104. The molecule has 1 atom stereocenters. The summed E-state index contributed by atoms with van der Waals surface area (Å²) in [7, 11) is -2.76. The Morgan fingerprint density at radius 1 is 0.970 bits per heavy atom. The lowest BCUT2D eigenvalue weighted by Gasteiger charge is -2.25. The van der Waals surface area contributed by atoms with Crippen LogP contribution in [-0.2, 0) is 19.6 Å². The van der Waals surface area contributed by atoms with Crippen molar-refractivity contribution in [3.8, 4) is 5.75 Å². The normalized spacial score (nSPS) is 12.2. The molecule has 3 N–H and O–H groups in total. The number of benzene rings is 3. The monoisotopic (exact) mass is 472 g/mol. The Morgan fingerprint density at radius 3 is 2.18 bits per heavy atom. The van der Waals surface area contributed by atoms with Gasteiger partial charge in [0.25, 0.3) is 10.0 Å². The molecule has 33 heavy (non-hydrogen) atoms. The summed E-state index contributed by atoms with van der Waals surface area (Å²) in [5.41, 5.74) is 0.806. The van der Waals surface area contributed by atoms with Gasteiger partial charge in [-0.05, 0) is 43.3 Å². The predicted octanol–water partition coefficient (Wildman–Crippen LogP) is 3.40. The van der Waals surface area contributed by atoms with Gasteiger partial charge in [-0.2, -0.15) is 0 Å². The molecule has 0 saturated carbocycles. The summed E-state index contributed by atoms with van der Waals surface area (Å²) >= 11 is 0. The highest BCUT2D eigenvalue weighted by Crippen LogP contribution is 2.35. The van der Waals surface area contributed by atoms with Gasteiger partial charge in [-0.15, -0.1) is 0 Å². The van der Waals surface area contributed by atoms with Gasteiger partial charge < -0.3 is 20.3 Å². The van der Waals surface area contributed by atoms with E-state index in [-0.39, 0.29) is 23.0 Å². The van der Waals surface area contributed by atoms with Gasteiger partial charge in [0.15, 0.2) is 0 Å². The molecular weight excluding hydrogens is 448 g/mol. The Hall–Kier alpha value is -3.79. The molecule has 0 heterocycles. The number of rotatable bonds is 10. The number of hydrogen-bond acceptors (Lipinski definition) is 6. The zero-order chi connectivity index (χ0) is 24.2. The van der Waals surface area contributed by atoms with Crippen molar-refractivity contribution in [1.82, 2.24) is 0 Å². The molecule has 0 aliphatic carbocycles. The first-order chi connectivity index (χ1) is 15.6. The Labute approximate surface area is 191 Å². The maximum absolute atomic E-state index is 13.4. The topological polar surface area (TPSA) is 133 Å². The van der Waals surface area contributed by atoms with E-state index in [4.69, 9.17) is 9.84 Å². The summed E-state index contributed by atoms with van der Waals surface area (Å²) in [5.74, 6) is -1.79. The fraction of sp³-hybridized carbons (Fsp3) is 0.217. The number of ether oxygens (including phenoxy) is 1. The third kappa shape index (κ3) is 5.35. The standard InChI is InChI=1S/C23H24N2O7S/c1-15(13-22(26)27)24-20-11-12-21(19-6-4-3-5-18(19)20)25(14-23(28)29)33(30,31)17-9-7-16(32-2)8-10-17/h3-12,15,24H,13-14H2,1-2H3,(H,26,27)(H,28,29)/t15-/m0/s1. The van der Waals surface area contributed by atoms with Crippen LogP contribution in [0.3, 0.4) is 0 Å². The number of carboxylic acid groups (broad SMARTS) is 2. The molecule has 0 fully saturated rings. The van der Waals surface area contributed by atoms with Gasteiger partial charge in [-0.25, -0.2) is 8.42 Å². The van der Waals surface area contributed by atoms with Gasteiger partial charge in [0.1, 0.15) is 12.3 Å². The molecule has 0 radical (unpaired) electrons. The minimum Gasteiger partial charge on any atom is -0.497 e. The van der Waals surface area contributed by atoms with Crippen molar-refractivity contribution < 1.29 is 33.0 Å². The molecule has 0 bridgehead atoms. The van der Waals surface area contributed by atoms with E-state index >= 15 is 0 Å². The highest BCUT2D eigenvalue weighted by Gasteiger charge is 2.29. The Morgan fingerprint density at radius 2 is 1.61 bits per heavy atom. The molecule has 0 unspecified atom stereocenters. The summed E-state index contributed by atoms with van der Waals surface area (Å²) < 4.78 is 32.8. The van der Waals surface area contributed by atoms with Crippen LogP contribution in [0.1, 0.15) is 13.3 Å². The largest absolute Gasteiger partial charge is 0.497 e. The van der Waals surface area contributed by atoms with Crippen molar-refractivity contribution in [1.29, 1.82) is 0 Å². The van der Waals surface area contributed by atoms with Gasteiger partial charge in [0, 0.05) is 22.5 Å². The smallest absolute Gasteiger partial charge is 0.324 e. The van der Waals surface area contributed by atoms with Crippen molar-refractivity contribution in [3.63, 3.8) is 0 Å². The van der Waals surface area contributed by atoms with Gasteiger partial charge >= 0.3 is 11.9 Å². The summed E-state index contributed by atoms with van der Waals surface area (Å²) in [6.45, 7) is 0.947. The third-order valence-corrected chi connectivity index (χ3v) is 6.75. The lowest BCUT2D eigenvalue weighted by molar-refractivity contribution is -0.137. The first-order valence-electron chi connectivity index (χ1n) is 10.0. The number of methoxy groups -OCH3 is 1. The number of anilines is 2. The van der Waals surface area contributed by atoms with E-state index < -0.39 is 28.5 Å². The molecule has 0 spiro atoms. The number of nitrogens with one attached hydrogen (secondary N) is 1. The number of aliphatic carboxylic acids is 2. The molecule has 174 valence electrons. The van der Waals surface area contributed by atoms with E-state index in [0.29, 0.717) is 22.2 Å². The number of sulfonamides is 1. The number of carboxylic acids is 2. The second kappa shape index (κ2) is 9.78. The number of carbonyl (C=O) groups is 2. The van der Waals surface area contributed by atoms with Crippen molar-refractivity contribution in [2.24, 2.45) is 0 Å². The molecule has 0 aliphatic rings. The van der Waals surface area contributed by atoms with Crippen LogP contribution >= 0.6 is 0 Å². The molecule has 0 amide bonds. The van der Waals surface area contributed by atoms with Crippen LogP contribution in [0.4, 0.5) is 11.4 Å². The molecule has 3 aromatic carbocycles. The lowest BCUT2D eigenvalue weighted by Crippen LogP contribution is -2.36. The fourth-order valence-electron chi connectivity index (χ4n) is 3.50. The highest BCUT2D eigenvalue weighted by molar-refractivity contribution is 7.92. The van der Waals surface area contributed by atoms with Crippen LogP contribution in [0, 0.1) is 0 Å². The molecule has 0 aliphatic heterocycles. The van der Waals surface area contributed by atoms with E-state index in [0.717, 1.165) is 4.31 Å². The van der Waals surface area contributed by atoms with E-state index in [9.17, 15) is 23.1 Å². The number of nitrogens with zero attached hydrogens (tertiary/aromatic N) is 1. The van der Waals surface area contributed by atoms with Crippen molar-refractivity contribution in [2.45, 2.75) is 24.3 Å². The van der Waals surface area contributed by atoms with Gasteiger partial charge in [0.05, 0.1) is 24.1 Å². The molecule has 3 aromatic rings. The van der Waals surface area contributed by atoms with E-state index in [2.05, 4.69) is 5.32 Å². The maximum atomic E-state index is 13.4. The number of fused-ring (bicyclic) bond motifs is 1. The summed E-state index contributed by atoms with van der Waals surface area (Å²) in [4.78, 5) is 22.6. The SMILES string of the molecule is COc1ccc(S(=O)(=O)N(CC(=O)O)c2ccc(N[C@@H](C)CC(=O)O)c3ccccc23)cc1. The molecular formula is C23H24N2O7S. The molecule has 0 saturated heterocycles. The summed E-state index contributed by atoms with van der Waals surface area (Å²) in [5, 5.41) is 22.8. The van der Waals surface area contributed by atoms with Gasteiger partial charge in [-0.1, -0.05) is 24.3 Å². The first-order valence-corrected chi connectivity index (χ1v) is 11.5. The predicted molar refractivity (Wildman–Crippen MR) is 124 cm³/mol. The minimum absolute atomic E-state index is 0.0779. The van der Waals surface area contributed by atoms with Crippen LogP contribution in [0.2, 0.25) is 0 Å². The van der Waals surface area contributed by atoms with Crippen molar-refractivity contribution in [2.75, 3.05) is 23.3 Å². The number of hydrogen-bond donors (Lipinski definition) is 3. The van der Waals surface area contributed by atoms with Crippen LogP contribution in [-0.4, -0.2) is 50.3 Å². The van der Waals surface area contributed by atoms with Crippen molar-refractivity contribution >= 4 is 44.1 Å². The van der Waals surface area contributed by atoms with Crippen molar-refractivity contribution in [3.05, 3.63) is 60.7 Å². The van der Waals surface area contributed by atoms with E-state index in [1.807, 2.05) is 0 Å². The highest BCUT2D eigenvalue weighted by atomic mass is 32.2. The zero-order valence-corrected chi connectivity index (χ0v) is 18.9. The quantitative estimate of drug-likeness (QED) is 0.409. The van der Waals surface area contributed by atoms with Crippen LogP contribution in [0.5, 0.6) is 5.75 Å². The van der Waals surface area contributed by atoms with Gasteiger partial charge in [-0.3, -0.25) is 13.9 Å². The molecule has 9 nitrogen and oxygen atoms in total. The second-order valence-corrected chi connectivity index (χ2v) is 9.26. The van der Waals surface area contributed by atoms with Crippen LogP contribution < -0.4 is 14.4 Å². The van der Waals surface area contributed by atoms with E-state index in [1.54, 1.807) is 37.3 Å². The minimum atomic E-state index is -4.22. The maximum Gasteiger partial charge on any atom is 0.324 e. The fourth-order valence-corrected chi connectivity index (χ4v) is 4.94. The van der Waals surface area contributed by atoms with Crippen LogP contribution in [0.25, 0.3) is 10.8 Å². The Bertz CT molecular complexity index is 1270. The van der Waals surface area contributed by atoms with Crippen LogP contribution in [0.15, 0.2) is 65.6 Å². The third-order valence-electron chi connectivity index (χ3n) is 4.98. The first kappa shape index (κ1) is 23.9. The van der Waals surface area contributed by atoms with E-state index in [1.165, 1.54) is 37.4 Å². The molecule has 0 aromatic heterocycles. The Balaban J connectivity index is 2.12. The molecule has 3 rings (SSSR count). The second-order valence-electron chi connectivity index (χ2n) is 7.40. The Kier molecular flexibility index (Phi) is 7.07. The average molecular weight is 473 g/mol. The van der Waals surface area contributed by atoms with Gasteiger partial charge in [0.2, 0.25) is 0 Å². The lowest BCUT2D eigenvalue weighted by atomic mass is 10.1. The zero-order valence-electron chi connectivity index (χ0n) is 18.1. The average Bonchev–Trinajstić information content (AvgIpc) is 2.77. The molecule has 10 heteroatoms.